The predicted molar refractivity (Wildman–Crippen MR) is 86.6 cm³/mol. The third-order valence-corrected chi connectivity index (χ3v) is 4.09. The van der Waals surface area contributed by atoms with Gasteiger partial charge >= 0.3 is 0 Å². The van der Waals surface area contributed by atoms with Crippen LogP contribution in [0.2, 0.25) is 0 Å². The van der Waals surface area contributed by atoms with Gasteiger partial charge in [0.25, 0.3) is 0 Å². The average Bonchev–Trinajstić information content (AvgIpc) is 3.01. The largest absolute Gasteiger partial charge is 0.325 e. The molecule has 0 aliphatic carbocycles. The van der Waals surface area contributed by atoms with Crippen molar-refractivity contribution in [3.8, 4) is 6.07 Å². The second-order valence-electron chi connectivity index (χ2n) is 4.65. The third kappa shape index (κ3) is 3.27. The number of rotatable bonds is 4. The molecule has 0 radical (unpaired) electrons. The van der Waals surface area contributed by atoms with E-state index in [1.807, 2.05) is 30.3 Å². The third-order valence-electron chi connectivity index (χ3n) is 3.08. The van der Waals surface area contributed by atoms with Crippen molar-refractivity contribution >= 4 is 34.3 Å². The summed E-state index contributed by atoms with van der Waals surface area (Å²) in [4.78, 5) is 12.9. The second kappa shape index (κ2) is 6.33. The summed E-state index contributed by atoms with van der Waals surface area (Å²) in [7, 11) is 0. The number of aromatic nitrogens is 2. The summed E-state index contributed by atoms with van der Waals surface area (Å²) in [5.74, 6) is 0.237. The van der Waals surface area contributed by atoms with Crippen LogP contribution >= 0.6 is 11.8 Å². The summed E-state index contributed by atoms with van der Waals surface area (Å²) in [6, 6.07) is 14.8. The van der Waals surface area contributed by atoms with E-state index in [-0.39, 0.29) is 5.91 Å². The highest BCUT2D eigenvalue weighted by molar-refractivity contribution is 8.00. The summed E-state index contributed by atoms with van der Waals surface area (Å²) in [5, 5.41) is 19.4. The van der Waals surface area contributed by atoms with Crippen LogP contribution in [0.1, 0.15) is 5.56 Å². The molecule has 0 aliphatic heterocycles. The van der Waals surface area contributed by atoms with E-state index >= 15 is 0 Å². The first-order valence-corrected chi connectivity index (χ1v) is 7.59. The molecule has 3 aromatic rings. The lowest BCUT2D eigenvalue weighted by molar-refractivity contribution is -0.113. The molecular formula is C16H12N4OS. The van der Waals surface area contributed by atoms with Crippen molar-refractivity contribution in [2.75, 3.05) is 11.1 Å². The van der Waals surface area contributed by atoms with Gasteiger partial charge in [0, 0.05) is 16.0 Å². The van der Waals surface area contributed by atoms with Gasteiger partial charge in [-0.05, 0) is 42.5 Å². The minimum absolute atomic E-state index is 0.0757. The molecule has 1 aromatic heterocycles. The zero-order valence-electron chi connectivity index (χ0n) is 11.5. The minimum atomic E-state index is -0.0757. The number of benzene rings is 2. The lowest BCUT2D eigenvalue weighted by atomic mass is 10.2. The smallest absolute Gasteiger partial charge is 0.234 e. The van der Waals surface area contributed by atoms with Gasteiger partial charge in [-0.2, -0.15) is 10.4 Å². The average molecular weight is 308 g/mol. The fourth-order valence-electron chi connectivity index (χ4n) is 1.99. The topological polar surface area (TPSA) is 81.6 Å². The van der Waals surface area contributed by atoms with Crippen molar-refractivity contribution in [3.05, 3.63) is 54.2 Å². The van der Waals surface area contributed by atoms with Crippen molar-refractivity contribution in [3.63, 3.8) is 0 Å². The van der Waals surface area contributed by atoms with Crippen LogP contribution in [-0.2, 0) is 4.79 Å². The first kappa shape index (κ1) is 14.2. The molecular weight excluding hydrogens is 296 g/mol. The van der Waals surface area contributed by atoms with E-state index < -0.39 is 0 Å². The lowest BCUT2D eigenvalue weighted by Gasteiger charge is -2.05. The number of fused-ring (bicyclic) bond motifs is 1. The Morgan fingerprint density at radius 1 is 1.27 bits per heavy atom. The number of hydrogen-bond donors (Lipinski definition) is 2. The monoisotopic (exact) mass is 308 g/mol. The maximum atomic E-state index is 12.0. The quantitative estimate of drug-likeness (QED) is 0.725. The fourth-order valence-corrected chi connectivity index (χ4v) is 2.68. The van der Waals surface area contributed by atoms with E-state index in [0.717, 1.165) is 21.5 Å². The van der Waals surface area contributed by atoms with Crippen LogP contribution in [-0.4, -0.2) is 21.9 Å². The van der Waals surface area contributed by atoms with Gasteiger partial charge in [0.2, 0.25) is 5.91 Å². The highest BCUT2D eigenvalue weighted by Crippen LogP contribution is 2.20. The molecule has 0 fully saturated rings. The van der Waals surface area contributed by atoms with E-state index in [4.69, 9.17) is 5.26 Å². The maximum absolute atomic E-state index is 12.0. The van der Waals surface area contributed by atoms with Gasteiger partial charge in [-0.25, -0.2) is 0 Å². The molecule has 0 atom stereocenters. The SMILES string of the molecule is N#Cc1ccc(SCC(=O)Nc2ccc3cn[nH]c3c2)cc1. The summed E-state index contributed by atoms with van der Waals surface area (Å²) < 4.78 is 0. The lowest BCUT2D eigenvalue weighted by Crippen LogP contribution is -2.13. The highest BCUT2D eigenvalue weighted by Gasteiger charge is 2.05. The molecule has 2 N–H and O–H groups in total. The van der Waals surface area contributed by atoms with Crippen LogP contribution in [0.3, 0.4) is 0 Å². The van der Waals surface area contributed by atoms with Crippen molar-refractivity contribution in [2.24, 2.45) is 0 Å². The molecule has 0 aliphatic rings. The second-order valence-corrected chi connectivity index (χ2v) is 5.69. The van der Waals surface area contributed by atoms with Crippen molar-refractivity contribution in [1.82, 2.24) is 10.2 Å². The molecule has 2 aromatic carbocycles. The molecule has 6 heteroatoms. The number of H-pyrrole nitrogens is 1. The number of carbonyl (C=O) groups is 1. The molecule has 0 spiro atoms. The molecule has 5 nitrogen and oxygen atoms in total. The summed E-state index contributed by atoms with van der Waals surface area (Å²) in [6.07, 6.45) is 1.74. The zero-order valence-corrected chi connectivity index (χ0v) is 12.4. The standard InChI is InChI=1S/C16H12N4OS/c17-8-11-1-5-14(6-2-11)22-10-16(21)19-13-4-3-12-9-18-20-15(12)7-13/h1-7,9H,10H2,(H,18,20)(H,19,21). The van der Waals surface area contributed by atoms with Crippen LogP contribution < -0.4 is 5.32 Å². The Morgan fingerprint density at radius 3 is 2.86 bits per heavy atom. The Kier molecular flexibility index (Phi) is 4.08. The Labute approximate surface area is 131 Å². The number of nitriles is 1. The van der Waals surface area contributed by atoms with Crippen LogP contribution in [0.4, 0.5) is 5.69 Å². The normalized spacial score (nSPS) is 10.3. The Morgan fingerprint density at radius 2 is 2.09 bits per heavy atom. The van der Waals surface area contributed by atoms with Gasteiger partial charge < -0.3 is 5.32 Å². The maximum Gasteiger partial charge on any atom is 0.234 e. The number of thioether (sulfide) groups is 1. The number of hydrogen-bond acceptors (Lipinski definition) is 4. The molecule has 22 heavy (non-hydrogen) atoms. The van der Waals surface area contributed by atoms with E-state index in [9.17, 15) is 4.79 Å². The summed E-state index contributed by atoms with van der Waals surface area (Å²) >= 11 is 1.43. The number of anilines is 1. The molecule has 0 bridgehead atoms. The van der Waals surface area contributed by atoms with Crippen molar-refractivity contribution in [1.29, 1.82) is 5.26 Å². The van der Waals surface area contributed by atoms with Gasteiger partial charge in [0.05, 0.1) is 29.1 Å². The number of aromatic amines is 1. The molecule has 0 unspecified atom stereocenters. The van der Waals surface area contributed by atoms with E-state index in [0.29, 0.717) is 11.3 Å². The number of nitrogens with zero attached hydrogens (tertiary/aromatic N) is 2. The first-order valence-electron chi connectivity index (χ1n) is 6.60. The van der Waals surface area contributed by atoms with Gasteiger partial charge in [0.15, 0.2) is 0 Å². The number of nitrogens with one attached hydrogen (secondary N) is 2. The van der Waals surface area contributed by atoms with Crippen LogP contribution in [0, 0.1) is 11.3 Å². The zero-order chi connectivity index (χ0) is 15.4. The van der Waals surface area contributed by atoms with Crippen molar-refractivity contribution in [2.45, 2.75) is 4.90 Å². The van der Waals surface area contributed by atoms with E-state index in [2.05, 4.69) is 21.6 Å². The first-order chi connectivity index (χ1) is 10.7. The summed E-state index contributed by atoms with van der Waals surface area (Å²) in [6.45, 7) is 0. The van der Waals surface area contributed by atoms with E-state index in [1.165, 1.54) is 11.8 Å². The molecule has 0 saturated carbocycles. The van der Waals surface area contributed by atoms with E-state index in [1.54, 1.807) is 18.3 Å². The highest BCUT2D eigenvalue weighted by atomic mass is 32.2. The van der Waals surface area contributed by atoms with Gasteiger partial charge in [-0.1, -0.05) is 0 Å². The van der Waals surface area contributed by atoms with Crippen LogP contribution in [0.5, 0.6) is 0 Å². The van der Waals surface area contributed by atoms with Crippen molar-refractivity contribution < 1.29 is 4.79 Å². The molecule has 1 heterocycles. The Hall–Kier alpha value is -2.78. The fraction of sp³-hybridized carbons (Fsp3) is 0.0625. The molecule has 1 amide bonds. The van der Waals surface area contributed by atoms with Gasteiger partial charge in [-0.15, -0.1) is 11.8 Å². The Balaban J connectivity index is 1.58. The van der Waals surface area contributed by atoms with Crippen LogP contribution in [0.15, 0.2) is 53.6 Å². The number of amides is 1. The molecule has 0 saturated heterocycles. The van der Waals surface area contributed by atoms with Crippen LogP contribution in [0.25, 0.3) is 10.9 Å². The Bertz CT molecular complexity index is 848. The predicted octanol–water partition coefficient (Wildman–Crippen LogP) is 3.17. The molecule has 3 rings (SSSR count). The minimum Gasteiger partial charge on any atom is -0.325 e. The number of carbonyl (C=O) groups excluding carboxylic acids is 1. The molecule has 108 valence electrons. The summed E-state index contributed by atoms with van der Waals surface area (Å²) in [5.41, 5.74) is 2.24. The van der Waals surface area contributed by atoms with Gasteiger partial charge in [0.1, 0.15) is 0 Å². The van der Waals surface area contributed by atoms with Gasteiger partial charge in [-0.3, -0.25) is 9.89 Å².